The number of rotatable bonds is 4. The Hall–Kier alpha value is -2.60. The fourth-order valence-corrected chi connectivity index (χ4v) is 3.89. The van der Waals surface area contributed by atoms with Crippen molar-refractivity contribution in [3.05, 3.63) is 66.4 Å². The van der Waals surface area contributed by atoms with Crippen LogP contribution in [-0.2, 0) is 14.8 Å². The van der Waals surface area contributed by atoms with Gasteiger partial charge in [-0.1, -0.05) is 36.4 Å². The summed E-state index contributed by atoms with van der Waals surface area (Å²) in [5, 5.41) is 0.544. The summed E-state index contributed by atoms with van der Waals surface area (Å²) in [5.74, 6) is -0.539. The normalized spacial score (nSPS) is 11.8. The molecule has 3 rings (SSSR count). The molecule has 0 unspecified atom stereocenters. The highest BCUT2D eigenvalue weighted by Crippen LogP contribution is 2.26. The molecular weight excluding hydrogens is 326 g/mol. The largest absolute Gasteiger partial charge is 0.459 e. The summed E-state index contributed by atoms with van der Waals surface area (Å²) in [4.78, 5) is 12.5. The van der Waals surface area contributed by atoms with Gasteiger partial charge in [-0.3, -0.25) is 0 Å². The van der Waals surface area contributed by atoms with Crippen molar-refractivity contribution in [2.75, 3.05) is 0 Å². The second-order valence-electron chi connectivity index (χ2n) is 5.63. The molecule has 0 atom stereocenters. The van der Waals surface area contributed by atoms with Crippen molar-refractivity contribution < 1.29 is 17.9 Å². The molecule has 0 saturated carbocycles. The molecule has 3 aromatic rings. The van der Waals surface area contributed by atoms with Gasteiger partial charge in [0.2, 0.25) is 0 Å². The molecule has 0 fully saturated rings. The number of nitrogens with zero attached hydrogens (tertiary/aromatic N) is 1. The lowest BCUT2D eigenvalue weighted by Crippen LogP contribution is -2.13. The fourth-order valence-electron chi connectivity index (χ4n) is 2.50. The zero-order valence-electron chi connectivity index (χ0n) is 13.3. The molecular formula is C18H17NO4S. The third kappa shape index (κ3) is 2.80. The number of aromatic nitrogens is 1. The van der Waals surface area contributed by atoms with Crippen LogP contribution in [0.25, 0.3) is 10.9 Å². The number of ether oxygens (including phenoxy) is 1. The Bertz CT molecular complexity index is 988. The van der Waals surface area contributed by atoms with Crippen LogP contribution in [0.4, 0.5) is 0 Å². The van der Waals surface area contributed by atoms with Crippen molar-refractivity contribution in [1.82, 2.24) is 3.97 Å². The van der Waals surface area contributed by atoms with Gasteiger partial charge >= 0.3 is 5.97 Å². The summed E-state index contributed by atoms with van der Waals surface area (Å²) in [5.41, 5.74) is 0.677. The SMILES string of the molecule is CC(C)OC(=O)c1cn(S(=O)(=O)c2ccccc2)c2ccccc12. The molecule has 0 saturated heterocycles. The van der Waals surface area contributed by atoms with Gasteiger partial charge in [0, 0.05) is 11.6 Å². The summed E-state index contributed by atoms with van der Waals surface area (Å²) in [6.07, 6.45) is 1.04. The molecule has 24 heavy (non-hydrogen) atoms. The molecule has 0 aliphatic heterocycles. The van der Waals surface area contributed by atoms with E-state index >= 15 is 0 Å². The monoisotopic (exact) mass is 343 g/mol. The van der Waals surface area contributed by atoms with E-state index in [0.29, 0.717) is 10.9 Å². The summed E-state index contributed by atoms with van der Waals surface area (Å²) < 4.78 is 32.2. The molecule has 5 nitrogen and oxygen atoms in total. The lowest BCUT2D eigenvalue weighted by Gasteiger charge is -2.07. The van der Waals surface area contributed by atoms with Gasteiger partial charge in [-0.25, -0.2) is 17.2 Å². The Morgan fingerprint density at radius 2 is 1.62 bits per heavy atom. The highest BCUT2D eigenvalue weighted by atomic mass is 32.2. The molecule has 0 spiro atoms. The van der Waals surface area contributed by atoms with Crippen molar-refractivity contribution in [2.24, 2.45) is 0 Å². The number of hydrogen-bond acceptors (Lipinski definition) is 4. The minimum absolute atomic E-state index is 0.162. The number of esters is 1. The topological polar surface area (TPSA) is 65.4 Å². The number of fused-ring (bicyclic) bond motifs is 1. The van der Waals surface area contributed by atoms with Crippen LogP contribution in [0.5, 0.6) is 0 Å². The van der Waals surface area contributed by atoms with Crippen molar-refractivity contribution in [1.29, 1.82) is 0 Å². The molecule has 124 valence electrons. The van der Waals surface area contributed by atoms with Crippen molar-refractivity contribution in [3.63, 3.8) is 0 Å². The highest BCUT2D eigenvalue weighted by molar-refractivity contribution is 7.90. The van der Waals surface area contributed by atoms with E-state index in [1.165, 1.54) is 18.3 Å². The molecule has 0 aliphatic carbocycles. The van der Waals surface area contributed by atoms with Gasteiger partial charge < -0.3 is 4.74 Å². The van der Waals surface area contributed by atoms with Crippen molar-refractivity contribution in [3.8, 4) is 0 Å². The van der Waals surface area contributed by atoms with Gasteiger partial charge in [-0.05, 0) is 32.0 Å². The molecule has 0 amide bonds. The van der Waals surface area contributed by atoms with Crippen LogP contribution < -0.4 is 0 Å². The van der Waals surface area contributed by atoms with Crippen LogP contribution in [0.3, 0.4) is 0 Å². The van der Waals surface area contributed by atoms with Crippen LogP contribution >= 0.6 is 0 Å². The quantitative estimate of drug-likeness (QED) is 0.681. The van der Waals surface area contributed by atoms with E-state index in [-0.39, 0.29) is 16.6 Å². The maximum absolute atomic E-state index is 12.9. The minimum atomic E-state index is -3.80. The number of hydrogen-bond donors (Lipinski definition) is 0. The van der Waals surface area contributed by atoms with Crippen molar-refractivity contribution >= 4 is 26.9 Å². The molecule has 1 heterocycles. The van der Waals surface area contributed by atoms with E-state index in [4.69, 9.17) is 4.74 Å². The summed E-state index contributed by atoms with van der Waals surface area (Å²) in [6, 6.07) is 15.0. The molecule has 0 radical (unpaired) electrons. The van der Waals surface area contributed by atoms with Crippen LogP contribution in [0.1, 0.15) is 24.2 Å². The third-order valence-electron chi connectivity index (χ3n) is 3.54. The van der Waals surface area contributed by atoms with E-state index in [0.717, 1.165) is 3.97 Å². The average Bonchev–Trinajstić information content (AvgIpc) is 2.95. The number of benzene rings is 2. The number of carbonyl (C=O) groups is 1. The molecule has 6 heteroatoms. The zero-order valence-corrected chi connectivity index (χ0v) is 14.2. The van der Waals surface area contributed by atoms with Crippen LogP contribution in [0, 0.1) is 0 Å². The van der Waals surface area contributed by atoms with E-state index < -0.39 is 16.0 Å². The first kappa shape index (κ1) is 16.3. The standard InChI is InChI=1S/C18H17NO4S/c1-13(2)23-18(20)16-12-19(17-11-7-6-10-15(16)17)24(21,22)14-8-4-3-5-9-14/h3-13H,1-2H3. The Balaban J connectivity index is 2.22. The second kappa shape index (κ2) is 6.13. The van der Waals surface area contributed by atoms with Crippen LogP contribution in [0.15, 0.2) is 65.7 Å². The first-order valence-electron chi connectivity index (χ1n) is 7.53. The molecule has 0 N–H and O–H groups in total. The van der Waals surface area contributed by atoms with Gasteiger partial charge in [-0.15, -0.1) is 0 Å². The predicted molar refractivity (Wildman–Crippen MR) is 91.5 cm³/mol. The number of carbonyl (C=O) groups excluding carboxylic acids is 1. The third-order valence-corrected chi connectivity index (χ3v) is 5.23. The first-order valence-corrected chi connectivity index (χ1v) is 8.97. The van der Waals surface area contributed by atoms with Gasteiger partial charge in [-0.2, -0.15) is 0 Å². The Kier molecular flexibility index (Phi) is 4.15. The van der Waals surface area contributed by atoms with E-state index in [1.807, 2.05) is 0 Å². The highest BCUT2D eigenvalue weighted by Gasteiger charge is 2.24. The van der Waals surface area contributed by atoms with Crippen LogP contribution in [-0.4, -0.2) is 24.5 Å². The van der Waals surface area contributed by atoms with Gasteiger partial charge in [0.05, 0.1) is 22.1 Å². The first-order chi connectivity index (χ1) is 11.4. The molecule has 1 aromatic heterocycles. The summed E-state index contributed by atoms with van der Waals surface area (Å²) in [6.45, 7) is 3.50. The lowest BCUT2D eigenvalue weighted by molar-refractivity contribution is 0.0380. The van der Waals surface area contributed by atoms with Gasteiger partial charge in [0.1, 0.15) is 0 Å². The smallest absolute Gasteiger partial charge is 0.340 e. The van der Waals surface area contributed by atoms with E-state index in [9.17, 15) is 13.2 Å². The second-order valence-corrected chi connectivity index (χ2v) is 7.44. The number of para-hydroxylation sites is 1. The average molecular weight is 343 g/mol. The van der Waals surface area contributed by atoms with Gasteiger partial charge in [0.15, 0.2) is 0 Å². The maximum atomic E-state index is 12.9. The maximum Gasteiger partial charge on any atom is 0.340 e. The van der Waals surface area contributed by atoms with E-state index in [2.05, 4.69) is 0 Å². The van der Waals surface area contributed by atoms with Crippen molar-refractivity contribution in [2.45, 2.75) is 24.8 Å². The molecule has 0 aliphatic rings. The molecule has 2 aromatic carbocycles. The Labute approximate surface area is 140 Å². The minimum Gasteiger partial charge on any atom is -0.459 e. The van der Waals surface area contributed by atoms with Gasteiger partial charge in [0.25, 0.3) is 10.0 Å². The predicted octanol–water partition coefficient (Wildman–Crippen LogP) is 3.44. The summed E-state index contributed by atoms with van der Waals surface area (Å²) >= 11 is 0. The van der Waals surface area contributed by atoms with Crippen LogP contribution in [0.2, 0.25) is 0 Å². The Morgan fingerprint density at radius 3 is 2.29 bits per heavy atom. The zero-order chi connectivity index (χ0) is 17.3. The Morgan fingerprint density at radius 1 is 1.00 bits per heavy atom. The fraction of sp³-hybridized carbons (Fsp3) is 0.167. The van der Waals surface area contributed by atoms with E-state index in [1.54, 1.807) is 56.3 Å². The lowest BCUT2D eigenvalue weighted by atomic mass is 10.2. The molecule has 0 bridgehead atoms. The summed E-state index contributed by atoms with van der Waals surface area (Å²) in [7, 11) is -3.80.